The number of ether oxygens (including phenoxy) is 3. The number of esters is 1. The lowest BCUT2D eigenvalue weighted by molar-refractivity contribution is -0.145. The lowest BCUT2D eigenvalue weighted by Crippen LogP contribution is -2.30. The number of nitrogens with one attached hydrogen (secondary N) is 1. The Morgan fingerprint density at radius 1 is 1.32 bits per heavy atom. The van der Waals surface area contributed by atoms with E-state index in [0.717, 1.165) is 0 Å². The van der Waals surface area contributed by atoms with Crippen molar-refractivity contribution < 1.29 is 23.8 Å². The zero-order valence-electron chi connectivity index (χ0n) is 14.8. The minimum atomic E-state index is -0.481. The molecule has 0 aliphatic carbocycles. The first-order valence-electron chi connectivity index (χ1n) is 7.80. The average Bonchev–Trinajstić information content (AvgIpc) is 2.57. The summed E-state index contributed by atoms with van der Waals surface area (Å²) < 4.78 is 15.4. The van der Waals surface area contributed by atoms with Gasteiger partial charge in [-0.25, -0.2) is 4.79 Å². The molecule has 1 N–H and O–H groups in total. The standard InChI is InChI=1S/C18H22N2O5/c1-5-24-17(21)11-25-15-7-6-13(9-16(15)23-4)8-14(10-19)18(22)20-12(2)3/h6-9,12H,5,11H2,1-4H3,(H,20,22)/b14-8-. The average molecular weight is 346 g/mol. The van der Waals surface area contributed by atoms with Gasteiger partial charge in [0, 0.05) is 6.04 Å². The van der Waals surface area contributed by atoms with Crippen LogP contribution in [0.4, 0.5) is 0 Å². The van der Waals surface area contributed by atoms with E-state index in [2.05, 4.69) is 5.32 Å². The molecule has 0 atom stereocenters. The van der Waals surface area contributed by atoms with Crippen molar-refractivity contribution in [3.63, 3.8) is 0 Å². The third-order valence-electron chi connectivity index (χ3n) is 2.93. The Bertz CT molecular complexity index is 689. The molecule has 25 heavy (non-hydrogen) atoms. The zero-order valence-corrected chi connectivity index (χ0v) is 14.8. The van der Waals surface area contributed by atoms with Gasteiger partial charge in [-0.2, -0.15) is 5.26 Å². The number of benzene rings is 1. The van der Waals surface area contributed by atoms with E-state index < -0.39 is 11.9 Å². The first-order valence-corrected chi connectivity index (χ1v) is 7.80. The van der Waals surface area contributed by atoms with E-state index in [1.54, 1.807) is 25.1 Å². The van der Waals surface area contributed by atoms with E-state index in [9.17, 15) is 9.59 Å². The molecule has 0 aliphatic rings. The van der Waals surface area contributed by atoms with E-state index in [-0.39, 0.29) is 24.8 Å². The molecular weight excluding hydrogens is 324 g/mol. The second-order valence-electron chi connectivity index (χ2n) is 5.30. The van der Waals surface area contributed by atoms with Gasteiger partial charge in [-0.1, -0.05) is 6.07 Å². The maximum atomic E-state index is 11.9. The van der Waals surface area contributed by atoms with Crippen molar-refractivity contribution in [2.45, 2.75) is 26.8 Å². The van der Waals surface area contributed by atoms with Crippen LogP contribution in [0.2, 0.25) is 0 Å². The van der Waals surface area contributed by atoms with Crippen LogP contribution in [0.1, 0.15) is 26.3 Å². The first-order chi connectivity index (χ1) is 11.9. The minimum absolute atomic E-state index is 0.0176. The molecule has 0 radical (unpaired) electrons. The van der Waals surface area contributed by atoms with E-state index in [1.807, 2.05) is 19.9 Å². The van der Waals surface area contributed by atoms with Crippen molar-refractivity contribution in [3.05, 3.63) is 29.3 Å². The summed E-state index contributed by atoms with van der Waals surface area (Å²) >= 11 is 0. The number of carbonyl (C=O) groups excluding carboxylic acids is 2. The van der Waals surface area contributed by atoms with E-state index in [0.29, 0.717) is 17.1 Å². The van der Waals surface area contributed by atoms with Crippen LogP contribution in [0.3, 0.4) is 0 Å². The Hall–Kier alpha value is -3.01. The number of nitrogens with zero attached hydrogens (tertiary/aromatic N) is 1. The Balaban J connectivity index is 2.96. The molecular formula is C18H22N2O5. The van der Waals surface area contributed by atoms with Gasteiger partial charge < -0.3 is 19.5 Å². The van der Waals surface area contributed by atoms with Crippen LogP contribution in [0.5, 0.6) is 11.5 Å². The molecule has 0 heterocycles. The molecule has 1 amide bonds. The molecule has 0 aliphatic heterocycles. The largest absolute Gasteiger partial charge is 0.493 e. The lowest BCUT2D eigenvalue weighted by atomic mass is 10.1. The molecule has 0 aromatic heterocycles. The molecule has 1 aromatic rings. The summed E-state index contributed by atoms with van der Waals surface area (Å²) in [6.45, 7) is 5.37. The zero-order chi connectivity index (χ0) is 18.8. The Morgan fingerprint density at radius 2 is 2.04 bits per heavy atom. The van der Waals surface area contributed by atoms with Gasteiger partial charge in [-0.15, -0.1) is 0 Å². The Labute approximate surface area is 147 Å². The summed E-state index contributed by atoms with van der Waals surface area (Å²) in [6, 6.07) is 6.67. The van der Waals surface area contributed by atoms with Gasteiger partial charge in [-0.3, -0.25) is 4.79 Å². The molecule has 1 aromatic carbocycles. The summed E-state index contributed by atoms with van der Waals surface area (Å²) in [7, 11) is 1.46. The maximum absolute atomic E-state index is 11.9. The highest BCUT2D eigenvalue weighted by molar-refractivity contribution is 6.01. The van der Waals surface area contributed by atoms with Crippen LogP contribution in [0.25, 0.3) is 6.08 Å². The van der Waals surface area contributed by atoms with Gasteiger partial charge in [0.1, 0.15) is 11.6 Å². The van der Waals surface area contributed by atoms with Crippen LogP contribution in [-0.4, -0.2) is 38.2 Å². The maximum Gasteiger partial charge on any atom is 0.344 e. The van der Waals surface area contributed by atoms with Gasteiger partial charge in [0.05, 0.1) is 13.7 Å². The quantitative estimate of drug-likeness (QED) is 0.440. The van der Waals surface area contributed by atoms with Gasteiger partial charge in [0.25, 0.3) is 5.91 Å². The topological polar surface area (TPSA) is 97.7 Å². The highest BCUT2D eigenvalue weighted by Crippen LogP contribution is 2.29. The number of rotatable bonds is 8. The predicted molar refractivity (Wildman–Crippen MR) is 92.0 cm³/mol. The van der Waals surface area contributed by atoms with Crippen molar-refractivity contribution in [2.75, 3.05) is 20.3 Å². The first kappa shape index (κ1) is 20.0. The SMILES string of the molecule is CCOC(=O)COc1ccc(/C=C(/C#N)C(=O)NC(C)C)cc1OC. The smallest absolute Gasteiger partial charge is 0.344 e. The minimum Gasteiger partial charge on any atom is -0.493 e. The summed E-state index contributed by atoms with van der Waals surface area (Å²) in [5.41, 5.74) is 0.576. The molecule has 0 bridgehead atoms. The summed E-state index contributed by atoms with van der Waals surface area (Å²) in [5, 5.41) is 11.8. The van der Waals surface area contributed by atoms with Crippen LogP contribution >= 0.6 is 0 Å². The van der Waals surface area contributed by atoms with Crippen LogP contribution < -0.4 is 14.8 Å². The van der Waals surface area contributed by atoms with Crippen LogP contribution in [0, 0.1) is 11.3 Å². The van der Waals surface area contributed by atoms with Crippen molar-refractivity contribution in [3.8, 4) is 17.6 Å². The third-order valence-corrected chi connectivity index (χ3v) is 2.93. The predicted octanol–water partition coefficient (Wildman–Crippen LogP) is 2.07. The molecule has 1 rings (SSSR count). The van der Waals surface area contributed by atoms with Crippen molar-refractivity contribution in [1.82, 2.24) is 5.32 Å². The number of amides is 1. The molecule has 7 heteroatoms. The van der Waals surface area contributed by atoms with Gasteiger partial charge in [0.15, 0.2) is 18.1 Å². The van der Waals surface area contributed by atoms with Crippen molar-refractivity contribution in [1.29, 1.82) is 5.26 Å². The van der Waals surface area contributed by atoms with E-state index >= 15 is 0 Å². The third kappa shape index (κ3) is 6.55. The highest BCUT2D eigenvalue weighted by Gasteiger charge is 2.12. The van der Waals surface area contributed by atoms with Gasteiger partial charge in [-0.05, 0) is 44.5 Å². The number of hydrogen-bond acceptors (Lipinski definition) is 6. The molecule has 134 valence electrons. The second-order valence-corrected chi connectivity index (χ2v) is 5.30. The Morgan fingerprint density at radius 3 is 2.60 bits per heavy atom. The van der Waals surface area contributed by atoms with E-state index in [1.165, 1.54) is 13.2 Å². The second kappa shape index (κ2) is 9.98. The highest BCUT2D eigenvalue weighted by atomic mass is 16.6. The van der Waals surface area contributed by atoms with Gasteiger partial charge in [0.2, 0.25) is 0 Å². The van der Waals surface area contributed by atoms with E-state index in [4.69, 9.17) is 19.5 Å². The fraction of sp³-hybridized carbons (Fsp3) is 0.389. The summed E-state index contributed by atoms with van der Waals surface area (Å²) in [6.07, 6.45) is 1.45. The fourth-order valence-corrected chi connectivity index (χ4v) is 1.89. The summed E-state index contributed by atoms with van der Waals surface area (Å²) in [5.74, 6) is -0.192. The van der Waals surface area contributed by atoms with Crippen molar-refractivity contribution in [2.24, 2.45) is 0 Å². The molecule has 0 spiro atoms. The molecule has 0 saturated carbocycles. The van der Waals surface area contributed by atoms with Gasteiger partial charge >= 0.3 is 5.97 Å². The molecule has 7 nitrogen and oxygen atoms in total. The number of carbonyl (C=O) groups is 2. The number of methoxy groups -OCH3 is 1. The monoisotopic (exact) mass is 346 g/mol. The lowest BCUT2D eigenvalue weighted by Gasteiger charge is -2.11. The molecule has 0 saturated heterocycles. The summed E-state index contributed by atoms with van der Waals surface area (Å²) in [4.78, 5) is 23.3. The normalized spacial score (nSPS) is 10.8. The van der Waals surface area contributed by atoms with Crippen LogP contribution in [-0.2, 0) is 14.3 Å². The molecule has 0 fully saturated rings. The number of hydrogen-bond donors (Lipinski definition) is 1. The van der Waals surface area contributed by atoms with Crippen LogP contribution in [0.15, 0.2) is 23.8 Å². The Kier molecular flexibility index (Phi) is 8.00. The number of nitriles is 1. The fourth-order valence-electron chi connectivity index (χ4n) is 1.89. The molecule has 0 unspecified atom stereocenters. The van der Waals surface area contributed by atoms with Crippen molar-refractivity contribution >= 4 is 18.0 Å².